The van der Waals surface area contributed by atoms with E-state index in [1.54, 1.807) is 42.7 Å². The van der Waals surface area contributed by atoms with Gasteiger partial charge in [0.05, 0.1) is 5.69 Å². The van der Waals surface area contributed by atoms with Gasteiger partial charge in [0.2, 0.25) is 11.9 Å². The van der Waals surface area contributed by atoms with Gasteiger partial charge in [0.1, 0.15) is 17.9 Å². The Hall–Kier alpha value is -4.93. The van der Waals surface area contributed by atoms with Crippen molar-refractivity contribution in [2.75, 3.05) is 5.32 Å². The SMILES string of the molecule is O=C(Cn1nnc(-c2ccnc(C(F)(F)F)c2)c1-c1ccccc1)Nc1ncc(-c2ccccc2)cn1. The van der Waals surface area contributed by atoms with E-state index in [1.807, 2.05) is 30.3 Å². The summed E-state index contributed by atoms with van der Waals surface area (Å²) in [5.74, 6) is -0.373. The van der Waals surface area contributed by atoms with Crippen LogP contribution in [-0.2, 0) is 17.5 Å². The molecule has 2 aromatic carbocycles. The summed E-state index contributed by atoms with van der Waals surface area (Å²) in [5, 5.41) is 10.8. The quantitative estimate of drug-likeness (QED) is 0.347. The van der Waals surface area contributed by atoms with Crippen LogP contribution in [0.25, 0.3) is 33.6 Å². The number of nitrogens with zero attached hydrogens (tertiary/aromatic N) is 6. The second-order valence-corrected chi connectivity index (χ2v) is 7.95. The fourth-order valence-corrected chi connectivity index (χ4v) is 3.71. The van der Waals surface area contributed by atoms with Gasteiger partial charge in [-0.25, -0.2) is 14.6 Å². The maximum atomic E-state index is 13.2. The molecular weight excluding hydrogens is 483 g/mol. The molecule has 3 heterocycles. The largest absolute Gasteiger partial charge is 0.433 e. The summed E-state index contributed by atoms with van der Waals surface area (Å²) in [6.45, 7) is -0.266. The number of nitrogens with one attached hydrogen (secondary N) is 1. The Bertz CT molecular complexity index is 1520. The van der Waals surface area contributed by atoms with Crippen LogP contribution in [0.1, 0.15) is 5.69 Å². The first-order valence-electron chi connectivity index (χ1n) is 11.1. The number of aromatic nitrogens is 6. The van der Waals surface area contributed by atoms with Gasteiger partial charge in [-0.3, -0.25) is 15.1 Å². The number of hydrogen-bond donors (Lipinski definition) is 1. The molecule has 0 saturated carbocycles. The standard InChI is InChI=1S/C26H18F3N7O/c27-26(28,29)21-13-19(11-12-30-21)23-24(18-9-5-2-6-10-18)36(35-34-23)16-22(37)33-25-31-14-20(15-32-25)17-7-3-1-4-8-17/h1-15H,16H2,(H,31,32,33,37). The highest BCUT2D eigenvalue weighted by Gasteiger charge is 2.33. The molecule has 37 heavy (non-hydrogen) atoms. The Labute approximate surface area is 208 Å². The average Bonchev–Trinajstić information content (AvgIpc) is 3.33. The summed E-state index contributed by atoms with van der Waals surface area (Å²) in [6, 6.07) is 20.7. The molecule has 11 heteroatoms. The van der Waals surface area contributed by atoms with Crippen molar-refractivity contribution >= 4 is 11.9 Å². The van der Waals surface area contributed by atoms with E-state index in [0.29, 0.717) is 11.3 Å². The molecule has 0 atom stereocenters. The van der Waals surface area contributed by atoms with Gasteiger partial charge in [0, 0.05) is 35.3 Å². The zero-order valence-corrected chi connectivity index (χ0v) is 19.1. The summed E-state index contributed by atoms with van der Waals surface area (Å²) in [6.07, 6.45) is -0.352. The Morgan fingerprint density at radius 3 is 2.11 bits per heavy atom. The third kappa shape index (κ3) is 5.35. The van der Waals surface area contributed by atoms with E-state index in [4.69, 9.17) is 0 Å². The van der Waals surface area contributed by atoms with E-state index in [9.17, 15) is 18.0 Å². The van der Waals surface area contributed by atoms with Crippen LogP contribution in [0.15, 0.2) is 91.4 Å². The van der Waals surface area contributed by atoms with Crippen molar-refractivity contribution < 1.29 is 18.0 Å². The van der Waals surface area contributed by atoms with E-state index in [0.717, 1.165) is 23.4 Å². The molecule has 1 amide bonds. The molecule has 3 aromatic heterocycles. The fraction of sp³-hybridized carbons (Fsp3) is 0.0769. The molecular formula is C26H18F3N7O. The van der Waals surface area contributed by atoms with Crippen LogP contribution in [0.5, 0.6) is 0 Å². The highest BCUT2D eigenvalue weighted by molar-refractivity contribution is 5.89. The molecule has 0 aliphatic carbocycles. The van der Waals surface area contributed by atoms with E-state index in [2.05, 4.69) is 30.6 Å². The third-order valence-electron chi connectivity index (χ3n) is 5.41. The predicted octanol–water partition coefficient (Wildman–Crippen LogP) is 5.12. The van der Waals surface area contributed by atoms with Gasteiger partial charge in [0.25, 0.3) is 0 Å². The first-order chi connectivity index (χ1) is 17.9. The smallest absolute Gasteiger partial charge is 0.293 e. The number of halogens is 3. The predicted molar refractivity (Wildman–Crippen MR) is 130 cm³/mol. The van der Waals surface area contributed by atoms with Crippen LogP contribution >= 0.6 is 0 Å². The lowest BCUT2D eigenvalue weighted by molar-refractivity contribution is -0.141. The van der Waals surface area contributed by atoms with Gasteiger partial charge >= 0.3 is 6.18 Å². The minimum Gasteiger partial charge on any atom is -0.293 e. The molecule has 0 bridgehead atoms. The molecule has 0 aliphatic rings. The van der Waals surface area contributed by atoms with Gasteiger partial charge in [-0.15, -0.1) is 5.10 Å². The van der Waals surface area contributed by atoms with E-state index in [1.165, 1.54) is 10.7 Å². The molecule has 0 aliphatic heterocycles. The molecule has 5 aromatic rings. The number of alkyl halides is 3. The van der Waals surface area contributed by atoms with Gasteiger partial charge < -0.3 is 0 Å². The summed E-state index contributed by atoms with van der Waals surface area (Å²) >= 11 is 0. The maximum absolute atomic E-state index is 13.2. The van der Waals surface area contributed by atoms with Crippen LogP contribution in [-0.4, -0.2) is 35.9 Å². The second-order valence-electron chi connectivity index (χ2n) is 7.95. The van der Waals surface area contributed by atoms with Gasteiger partial charge in [-0.2, -0.15) is 13.2 Å². The number of pyridine rings is 1. The highest BCUT2D eigenvalue weighted by Crippen LogP contribution is 2.34. The number of anilines is 1. The van der Waals surface area contributed by atoms with Crippen LogP contribution in [0.3, 0.4) is 0 Å². The lowest BCUT2D eigenvalue weighted by Crippen LogP contribution is -2.21. The van der Waals surface area contributed by atoms with Crippen molar-refractivity contribution in [3.63, 3.8) is 0 Å². The van der Waals surface area contributed by atoms with Crippen molar-refractivity contribution in [2.45, 2.75) is 12.7 Å². The number of amides is 1. The maximum Gasteiger partial charge on any atom is 0.433 e. The van der Waals surface area contributed by atoms with Crippen molar-refractivity contribution in [3.05, 3.63) is 97.1 Å². The van der Waals surface area contributed by atoms with Crippen molar-refractivity contribution in [3.8, 4) is 33.6 Å². The van der Waals surface area contributed by atoms with Gasteiger partial charge in [-0.05, 0) is 17.7 Å². The Kier molecular flexibility index (Phi) is 6.42. The lowest BCUT2D eigenvalue weighted by atomic mass is 10.0. The lowest BCUT2D eigenvalue weighted by Gasteiger charge is -2.10. The normalized spacial score (nSPS) is 11.3. The summed E-state index contributed by atoms with van der Waals surface area (Å²) in [4.78, 5) is 24.6. The number of benzene rings is 2. The van der Waals surface area contributed by atoms with Crippen molar-refractivity contribution in [1.29, 1.82) is 0 Å². The van der Waals surface area contributed by atoms with E-state index in [-0.39, 0.29) is 23.8 Å². The zero-order valence-electron chi connectivity index (χ0n) is 19.1. The van der Waals surface area contributed by atoms with Crippen LogP contribution in [0, 0.1) is 0 Å². The van der Waals surface area contributed by atoms with E-state index < -0.39 is 17.8 Å². The first-order valence-corrected chi connectivity index (χ1v) is 11.1. The summed E-state index contributed by atoms with van der Waals surface area (Å²) < 4.78 is 41.1. The third-order valence-corrected chi connectivity index (χ3v) is 5.41. The topological polar surface area (TPSA) is 98.5 Å². The van der Waals surface area contributed by atoms with Gasteiger partial charge in [0.15, 0.2) is 0 Å². The molecule has 8 nitrogen and oxygen atoms in total. The minimum atomic E-state index is -4.62. The average molecular weight is 501 g/mol. The number of hydrogen-bond acceptors (Lipinski definition) is 6. The monoisotopic (exact) mass is 501 g/mol. The van der Waals surface area contributed by atoms with Crippen LogP contribution in [0.4, 0.5) is 19.1 Å². The summed E-state index contributed by atoms with van der Waals surface area (Å²) in [5.41, 5.74) is 2.06. The molecule has 0 fully saturated rings. The second kappa shape index (κ2) is 9.97. The number of carbonyl (C=O) groups excluding carboxylic acids is 1. The molecule has 5 rings (SSSR count). The molecule has 0 radical (unpaired) electrons. The number of carbonyl (C=O) groups is 1. The Morgan fingerprint density at radius 2 is 1.46 bits per heavy atom. The highest BCUT2D eigenvalue weighted by atomic mass is 19.4. The van der Waals surface area contributed by atoms with Crippen molar-refractivity contribution in [2.24, 2.45) is 0 Å². The van der Waals surface area contributed by atoms with Gasteiger partial charge in [-0.1, -0.05) is 65.9 Å². The molecule has 0 saturated heterocycles. The first kappa shape index (κ1) is 23.8. The molecule has 184 valence electrons. The van der Waals surface area contributed by atoms with Crippen LogP contribution < -0.4 is 5.32 Å². The zero-order chi connectivity index (χ0) is 25.8. The Morgan fingerprint density at radius 1 is 0.811 bits per heavy atom. The molecule has 0 spiro atoms. The summed E-state index contributed by atoms with van der Waals surface area (Å²) in [7, 11) is 0. The Balaban J connectivity index is 1.42. The van der Waals surface area contributed by atoms with E-state index >= 15 is 0 Å². The van der Waals surface area contributed by atoms with Crippen LogP contribution in [0.2, 0.25) is 0 Å². The molecule has 0 unspecified atom stereocenters. The fourth-order valence-electron chi connectivity index (χ4n) is 3.71. The number of rotatable bonds is 6. The molecule has 1 N–H and O–H groups in total. The van der Waals surface area contributed by atoms with Crippen molar-refractivity contribution in [1.82, 2.24) is 29.9 Å². The minimum absolute atomic E-state index is 0.107.